The standard InChI is InChI=1S/C17H22N2O2/c1-12(2)9-10-19-11-15-7-8-16(21-15)13-3-5-14(6-4-13)17(18)20/h3-8,12,19H,9-11H2,1-2H3,(H2,18,20). The Labute approximate surface area is 125 Å². The maximum Gasteiger partial charge on any atom is 0.248 e. The second kappa shape index (κ2) is 7.09. The second-order valence-electron chi connectivity index (χ2n) is 5.57. The molecular formula is C17H22N2O2. The van der Waals surface area contributed by atoms with E-state index in [0.717, 1.165) is 36.6 Å². The highest BCUT2D eigenvalue weighted by Crippen LogP contribution is 2.22. The van der Waals surface area contributed by atoms with Gasteiger partial charge in [0.2, 0.25) is 5.91 Å². The van der Waals surface area contributed by atoms with Crippen LogP contribution in [0.3, 0.4) is 0 Å². The molecule has 1 heterocycles. The van der Waals surface area contributed by atoms with Crippen LogP contribution in [0.2, 0.25) is 0 Å². The molecule has 4 nitrogen and oxygen atoms in total. The zero-order valence-electron chi connectivity index (χ0n) is 12.6. The van der Waals surface area contributed by atoms with E-state index in [2.05, 4.69) is 19.2 Å². The van der Waals surface area contributed by atoms with Crippen molar-refractivity contribution in [1.29, 1.82) is 0 Å². The zero-order chi connectivity index (χ0) is 15.2. The highest BCUT2D eigenvalue weighted by atomic mass is 16.3. The van der Waals surface area contributed by atoms with Gasteiger partial charge in [0.1, 0.15) is 11.5 Å². The molecule has 1 aromatic heterocycles. The number of benzene rings is 1. The van der Waals surface area contributed by atoms with Crippen molar-refractivity contribution in [3.05, 3.63) is 47.7 Å². The Kier molecular flexibility index (Phi) is 5.17. The van der Waals surface area contributed by atoms with Crippen molar-refractivity contribution < 1.29 is 9.21 Å². The lowest BCUT2D eigenvalue weighted by atomic mass is 10.1. The van der Waals surface area contributed by atoms with E-state index in [1.807, 2.05) is 24.3 Å². The largest absolute Gasteiger partial charge is 0.460 e. The number of primary amides is 1. The first kappa shape index (κ1) is 15.3. The number of carbonyl (C=O) groups is 1. The van der Waals surface area contributed by atoms with Crippen molar-refractivity contribution in [2.45, 2.75) is 26.8 Å². The lowest BCUT2D eigenvalue weighted by Crippen LogP contribution is -2.15. The molecule has 0 aliphatic heterocycles. The van der Waals surface area contributed by atoms with Crippen molar-refractivity contribution >= 4 is 5.91 Å². The number of amides is 1. The normalized spacial score (nSPS) is 11.0. The van der Waals surface area contributed by atoms with E-state index >= 15 is 0 Å². The van der Waals surface area contributed by atoms with E-state index in [9.17, 15) is 4.79 Å². The van der Waals surface area contributed by atoms with Gasteiger partial charge in [0, 0.05) is 11.1 Å². The van der Waals surface area contributed by atoms with Crippen LogP contribution < -0.4 is 11.1 Å². The Morgan fingerprint density at radius 3 is 2.52 bits per heavy atom. The highest BCUT2D eigenvalue weighted by molar-refractivity contribution is 5.93. The summed E-state index contributed by atoms with van der Waals surface area (Å²) in [7, 11) is 0. The molecular weight excluding hydrogens is 264 g/mol. The smallest absolute Gasteiger partial charge is 0.248 e. The van der Waals surface area contributed by atoms with Gasteiger partial charge in [0.05, 0.1) is 6.54 Å². The van der Waals surface area contributed by atoms with Gasteiger partial charge in [-0.3, -0.25) is 4.79 Å². The average Bonchev–Trinajstić information content (AvgIpc) is 2.92. The summed E-state index contributed by atoms with van der Waals surface area (Å²) in [5.41, 5.74) is 6.66. The Bertz CT molecular complexity index is 585. The summed E-state index contributed by atoms with van der Waals surface area (Å²) in [6.45, 7) is 6.14. The fraction of sp³-hybridized carbons (Fsp3) is 0.353. The van der Waals surface area contributed by atoms with Crippen LogP contribution in [0, 0.1) is 5.92 Å². The molecule has 112 valence electrons. The first-order chi connectivity index (χ1) is 10.1. The quantitative estimate of drug-likeness (QED) is 0.768. The molecule has 0 saturated heterocycles. The molecule has 0 fully saturated rings. The Balaban J connectivity index is 1.94. The topological polar surface area (TPSA) is 68.3 Å². The molecule has 3 N–H and O–H groups in total. The van der Waals surface area contributed by atoms with Crippen LogP contribution in [0.5, 0.6) is 0 Å². The molecule has 0 aliphatic rings. The highest BCUT2D eigenvalue weighted by Gasteiger charge is 2.06. The summed E-state index contributed by atoms with van der Waals surface area (Å²) in [5, 5.41) is 3.37. The number of rotatable bonds is 7. The number of carbonyl (C=O) groups excluding carboxylic acids is 1. The number of nitrogens with one attached hydrogen (secondary N) is 1. The van der Waals surface area contributed by atoms with Crippen molar-refractivity contribution in [3.8, 4) is 11.3 Å². The molecule has 0 saturated carbocycles. The van der Waals surface area contributed by atoms with Gasteiger partial charge in [0.25, 0.3) is 0 Å². The zero-order valence-corrected chi connectivity index (χ0v) is 12.6. The van der Waals surface area contributed by atoms with Crippen LogP contribution in [-0.4, -0.2) is 12.5 Å². The molecule has 0 spiro atoms. The first-order valence-corrected chi connectivity index (χ1v) is 7.26. The van der Waals surface area contributed by atoms with E-state index in [1.54, 1.807) is 12.1 Å². The fourth-order valence-electron chi connectivity index (χ4n) is 2.03. The van der Waals surface area contributed by atoms with Gasteiger partial charge < -0.3 is 15.5 Å². The molecule has 0 aliphatic carbocycles. The second-order valence-corrected chi connectivity index (χ2v) is 5.57. The van der Waals surface area contributed by atoms with Crippen LogP contribution in [0.1, 0.15) is 36.4 Å². The van der Waals surface area contributed by atoms with Crippen molar-refractivity contribution in [1.82, 2.24) is 5.32 Å². The summed E-state index contributed by atoms with van der Waals surface area (Å²) in [5.74, 6) is 1.99. The van der Waals surface area contributed by atoms with E-state index in [1.165, 1.54) is 0 Å². The minimum Gasteiger partial charge on any atom is -0.460 e. The van der Waals surface area contributed by atoms with Crippen molar-refractivity contribution in [2.75, 3.05) is 6.54 Å². The Hall–Kier alpha value is -2.07. The molecule has 0 radical (unpaired) electrons. The maximum atomic E-state index is 11.0. The third-order valence-corrected chi connectivity index (χ3v) is 3.31. The Morgan fingerprint density at radius 1 is 1.19 bits per heavy atom. The molecule has 0 bridgehead atoms. The number of hydrogen-bond donors (Lipinski definition) is 2. The Morgan fingerprint density at radius 2 is 1.90 bits per heavy atom. The van der Waals surface area contributed by atoms with Crippen LogP contribution in [-0.2, 0) is 6.54 Å². The average molecular weight is 286 g/mol. The van der Waals surface area contributed by atoms with Gasteiger partial charge in [-0.1, -0.05) is 26.0 Å². The minimum atomic E-state index is -0.420. The summed E-state index contributed by atoms with van der Waals surface area (Å²) in [4.78, 5) is 11.0. The van der Waals surface area contributed by atoms with E-state index < -0.39 is 5.91 Å². The van der Waals surface area contributed by atoms with Crippen LogP contribution in [0.4, 0.5) is 0 Å². The maximum absolute atomic E-state index is 11.0. The van der Waals surface area contributed by atoms with E-state index in [-0.39, 0.29) is 0 Å². The third kappa shape index (κ3) is 4.46. The molecule has 0 unspecified atom stereocenters. The van der Waals surface area contributed by atoms with Gasteiger partial charge in [0.15, 0.2) is 0 Å². The molecule has 0 atom stereocenters. The monoisotopic (exact) mass is 286 g/mol. The summed E-state index contributed by atoms with van der Waals surface area (Å²) < 4.78 is 5.80. The molecule has 1 amide bonds. The van der Waals surface area contributed by atoms with Crippen LogP contribution >= 0.6 is 0 Å². The van der Waals surface area contributed by atoms with E-state index in [0.29, 0.717) is 11.5 Å². The number of furan rings is 1. The SMILES string of the molecule is CC(C)CCNCc1ccc(-c2ccc(C(N)=O)cc2)o1. The third-order valence-electron chi connectivity index (χ3n) is 3.31. The van der Waals surface area contributed by atoms with Crippen LogP contribution in [0.25, 0.3) is 11.3 Å². The number of hydrogen-bond acceptors (Lipinski definition) is 3. The minimum absolute atomic E-state index is 0.420. The van der Waals surface area contributed by atoms with Gasteiger partial charge in [-0.05, 0) is 43.1 Å². The summed E-state index contributed by atoms with van der Waals surface area (Å²) in [6.07, 6.45) is 1.15. The van der Waals surface area contributed by atoms with Crippen molar-refractivity contribution in [2.24, 2.45) is 11.7 Å². The van der Waals surface area contributed by atoms with E-state index in [4.69, 9.17) is 10.2 Å². The van der Waals surface area contributed by atoms with Crippen LogP contribution in [0.15, 0.2) is 40.8 Å². The lowest BCUT2D eigenvalue weighted by Gasteiger charge is -2.05. The molecule has 4 heteroatoms. The fourth-order valence-corrected chi connectivity index (χ4v) is 2.03. The van der Waals surface area contributed by atoms with Gasteiger partial charge in [-0.15, -0.1) is 0 Å². The molecule has 1 aromatic carbocycles. The van der Waals surface area contributed by atoms with Gasteiger partial charge in [-0.2, -0.15) is 0 Å². The summed E-state index contributed by atoms with van der Waals surface area (Å²) >= 11 is 0. The molecule has 2 rings (SSSR count). The molecule has 2 aromatic rings. The predicted octanol–water partition coefficient (Wildman–Crippen LogP) is 3.18. The van der Waals surface area contributed by atoms with Gasteiger partial charge in [-0.25, -0.2) is 0 Å². The van der Waals surface area contributed by atoms with Gasteiger partial charge >= 0.3 is 0 Å². The molecule has 21 heavy (non-hydrogen) atoms. The summed E-state index contributed by atoms with van der Waals surface area (Å²) in [6, 6.07) is 11.0. The predicted molar refractivity (Wildman–Crippen MR) is 83.8 cm³/mol. The van der Waals surface area contributed by atoms with Crippen molar-refractivity contribution in [3.63, 3.8) is 0 Å². The first-order valence-electron chi connectivity index (χ1n) is 7.26. The lowest BCUT2D eigenvalue weighted by molar-refractivity contribution is 0.100. The number of nitrogens with two attached hydrogens (primary N) is 1.